The number of rotatable bonds is 3. The number of aliphatic carboxylic acids is 1. The van der Waals surface area contributed by atoms with Gasteiger partial charge in [0, 0.05) is 0 Å². The Labute approximate surface area is 61.8 Å². The number of carbonyl (C=O) groups is 1. The van der Waals surface area contributed by atoms with Gasteiger partial charge in [0.2, 0.25) is 0 Å². The Balaban J connectivity index is 4.22. The van der Waals surface area contributed by atoms with Crippen LogP contribution in [0.25, 0.3) is 0 Å². The maximum absolute atomic E-state index is 10.5. The Hall–Kier alpha value is -0.353. The molecule has 0 rings (SSSR count). The molecule has 0 aliphatic heterocycles. The minimum atomic E-state index is -2.45. The molecule has 0 aliphatic carbocycles. The molecule has 60 valence electrons. The van der Waals surface area contributed by atoms with Gasteiger partial charge in [-0.2, -0.15) is 0 Å². The molecule has 1 atom stereocenters. The molecule has 0 amide bonds. The quantitative estimate of drug-likeness (QED) is 0.610. The Morgan fingerprint density at radius 1 is 1.60 bits per heavy atom. The van der Waals surface area contributed by atoms with E-state index in [1.807, 2.05) is 0 Å². The fourth-order valence-electron chi connectivity index (χ4n) is 0.976. The molecule has 0 aliphatic rings. The summed E-state index contributed by atoms with van der Waals surface area (Å²) >= 11 is 0. The lowest BCUT2D eigenvalue weighted by Crippen LogP contribution is -2.36. The van der Waals surface area contributed by atoms with Crippen LogP contribution < -0.4 is 0 Å². The number of carboxylic acids is 1. The van der Waals surface area contributed by atoms with Crippen molar-refractivity contribution in [3.05, 3.63) is 0 Å². The van der Waals surface area contributed by atoms with E-state index in [2.05, 4.69) is 0 Å². The van der Waals surface area contributed by atoms with Crippen molar-refractivity contribution < 1.29 is 14.7 Å². The molecule has 0 aromatic rings. The Bertz CT molecular complexity index is 127. The molecule has 0 aromatic heterocycles. The van der Waals surface area contributed by atoms with E-state index in [-0.39, 0.29) is 0 Å². The Morgan fingerprint density at radius 3 is 2.00 bits per heavy atom. The molecule has 0 saturated carbocycles. The molecule has 3 nitrogen and oxygen atoms in total. The summed E-state index contributed by atoms with van der Waals surface area (Å²) in [5, 5.41) is 8.58. The number of hydrogen-bond acceptors (Lipinski definition) is 2. The molecule has 4 heteroatoms. The highest BCUT2D eigenvalue weighted by Gasteiger charge is 2.34. The summed E-state index contributed by atoms with van der Waals surface area (Å²) < 4.78 is 0. The second-order valence-electron chi connectivity index (χ2n) is 2.95. The third-order valence-corrected chi connectivity index (χ3v) is 3.92. The maximum atomic E-state index is 10.5. The third-order valence-electron chi connectivity index (χ3n) is 1.56. The molecule has 2 N–H and O–H groups in total. The van der Waals surface area contributed by atoms with Gasteiger partial charge >= 0.3 is 5.97 Å². The fourth-order valence-corrected chi connectivity index (χ4v) is 2.58. The van der Waals surface area contributed by atoms with Crippen molar-refractivity contribution in [3.63, 3.8) is 0 Å². The van der Waals surface area contributed by atoms with Crippen molar-refractivity contribution in [2.75, 3.05) is 0 Å². The van der Waals surface area contributed by atoms with Crippen LogP contribution in [0.5, 0.6) is 0 Å². The lowest BCUT2D eigenvalue weighted by Gasteiger charge is -2.20. The van der Waals surface area contributed by atoms with Crippen LogP contribution in [0.3, 0.4) is 0 Å². The highest BCUT2D eigenvalue weighted by molar-refractivity contribution is 6.74. The Kier molecular flexibility index (Phi) is 3.05. The van der Waals surface area contributed by atoms with Crippen molar-refractivity contribution in [1.29, 1.82) is 0 Å². The zero-order valence-corrected chi connectivity index (χ0v) is 7.59. The zero-order valence-electron chi connectivity index (χ0n) is 6.59. The summed E-state index contributed by atoms with van der Waals surface area (Å²) in [6.45, 7) is 5.08. The van der Waals surface area contributed by atoms with Gasteiger partial charge in [-0.25, -0.2) is 0 Å². The van der Waals surface area contributed by atoms with Gasteiger partial charge in [0.25, 0.3) is 0 Å². The first-order valence-electron chi connectivity index (χ1n) is 3.34. The Morgan fingerprint density at radius 2 is 2.00 bits per heavy atom. The van der Waals surface area contributed by atoms with E-state index >= 15 is 0 Å². The maximum Gasteiger partial charge on any atom is 0.306 e. The minimum absolute atomic E-state index is 0.519. The predicted octanol–water partition coefficient (Wildman–Crippen LogP) is 1.05. The third kappa shape index (κ3) is 2.49. The van der Waals surface area contributed by atoms with Gasteiger partial charge in [0.1, 0.15) is 0 Å². The molecule has 0 heterocycles. The van der Waals surface area contributed by atoms with Gasteiger partial charge < -0.3 is 9.90 Å². The van der Waals surface area contributed by atoms with Crippen LogP contribution in [0.15, 0.2) is 0 Å². The van der Waals surface area contributed by atoms with Gasteiger partial charge in [-0.15, -0.1) is 0 Å². The van der Waals surface area contributed by atoms with Crippen molar-refractivity contribution in [2.45, 2.75) is 32.0 Å². The fraction of sp³-hybridized carbons (Fsp3) is 0.833. The van der Waals surface area contributed by atoms with E-state index in [9.17, 15) is 9.59 Å². The molecule has 0 saturated heterocycles. The molecule has 1 unspecified atom stereocenters. The summed E-state index contributed by atoms with van der Waals surface area (Å²) in [7, 11) is -2.45. The monoisotopic (exact) mass is 162 g/mol. The van der Waals surface area contributed by atoms with Crippen LogP contribution in [0.4, 0.5) is 0 Å². The zero-order chi connectivity index (χ0) is 8.36. The van der Waals surface area contributed by atoms with E-state index < -0.39 is 19.8 Å². The molecule has 0 bridgehead atoms. The van der Waals surface area contributed by atoms with Crippen molar-refractivity contribution in [3.8, 4) is 0 Å². The summed E-state index contributed by atoms with van der Waals surface area (Å²) in [6, 6.07) is 0. The van der Waals surface area contributed by atoms with Gasteiger partial charge in [-0.3, -0.25) is 4.79 Å². The van der Waals surface area contributed by atoms with Crippen molar-refractivity contribution >= 4 is 14.3 Å². The molecule has 0 aromatic carbocycles. The van der Waals surface area contributed by atoms with Crippen molar-refractivity contribution in [1.82, 2.24) is 0 Å². The summed E-state index contributed by atoms with van der Waals surface area (Å²) in [4.78, 5) is 19.9. The standard InChI is InChI=1S/C6H14O3Si/c1-4-5(6(7)8)10(2,3)9/h5,9H,4H2,1-3H3,(H,7,8). The van der Waals surface area contributed by atoms with E-state index in [0.29, 0.717) is 6.42 Å². The first-order chi connectivity index (χ1) is 4.39. The normalized spacial score (nSPS) is 14.8. The second-order valence-corrected chi connectivity index (χ2v) is 6.96. The topological polar surface area (TPSA) is 57.5 Å². The molecular formula is C6H14O3Si. The smallest absolute Gasteiger partial charge is 0.306 e. The largest absolute Gasteiger partial charge is 0.481 e. The molecule has 10 heavy (non-hydrogen) atoms. The molecule has 0 fully saturated rings. The minimum Gasteiger partial charge on any atom is -0.481 e. The van der Waals surface area contributed by atoms with Crippen LogP contribution in [-0.4, -0.2) is 24.2 Å². The predicted molar refractivity (Wildman–Crippen MR) is 41.4 cm³/mol. The van der Waals surface area contributed by atoms with E-state index in [1.54, 1.807) is 20.0 Å². The average Bonchev–Trinajstić information content (AvgIpc) is 1.60. The van der Waals surface area contributed by atoms with Crippen LogP contribution >= 0.6 is 0 Å². The average molecular weight is 162 g/mol. The lowest BCUT2D eigenvalue weighted by atomic mass is 10.3. The van der Waals surface area contributed by atoms with Crippen LogP contribution in [0, 0.1) is 0 Å². The number of carboxylic acid groups (broad SMARTS) is 1. The molecule has 0 spiro atoms. The summed E-state index contributed by atoms with van der Waals surface area (Å²) in [6.07, 6.45) is 0.519. The lowest BCUT2D eigenvalue weighted by molar-refractivity contribution is -0.137. The van der Waals surface area contributed by atoms with Gasteiger partial charge in [-0.1, -0.05) is 6.92 Å². The highest BCUT2D eigenvalue weighted by Crippen LogP contribution is 2.22. The summed E-state index contributed by atoms with van der Waals surface area (Å²) in [5.41, 5.74) is -0.521. The highest BCUT2D eigenvalue weighted by atomic mass is 28.4. The van der Waals surface area contributed by atoms with Gasteiger partial charge in [0.05, 0.1) is 5.54 Å². The van der Waals surface area contributed by atoms with Gasteiger partial charge in [-0.05, 0) is 19.5 Å². The summed E-state index contributed by atoms with van der Waals surface area (Å²) in [5.74, 6) is -0.873. The first-order valence-corrected chi connectivity index (χ1v) is 6.37. The van der Waals surface area contributed by atoms with Crippen LogP contribution in [0.1, 0.15) is 13.3 Å². The molecule has 0 radical (unpaired) electrons. The van der Waals surface area contributed by atoms with Gasteiger partial charge in [0.15, 0.2) is 8.32 Å². The van der Waals surface area contributed by atoms with Crippen LogP contribution in [-0.2, 0) is 4.79 Å². The van der Waals surface area contributed by atoms with Crippen molar-refractivity contribution in [2.24, 2.45) is 0 Å². The van der Waals surface area contributed by atoms with E-state index in [4.69, 9.17) is 5.11 Å². The first kappa shape index (κ1) is 9.65. The van der Waals surface area contributed by atoms with Crippen LogP contribution in [0.2, 0.25) is 18.6 Å². The van der Waals surface area contributed by atoms with E-state index in [1.165, 1.54) is 0 Å². The molecular weight excluding hydrogens is 148 g/mol. The van der Waals surface area contributed by atoms with E-state index in [0.717, 1.165) is 0 Å². The second kappa shape index (κ2) is 3.16. The SMILES string of the molecule is CCC(C(=O)O)[Si](C)(C)O. The number of hydrogen-bond donors (Lipinski definition) is 2.